The Kier molecular flexibility index (Phi) is 4.62. The highest BCUT2D eigenvalue weighted by Crippen LogP contribution is 2.44. The van der Waals surface area contributed by atoms with Gasteiger partial charge in [-0.1, -0.05) is 34.6 Å². The maximum Gasteiger partial charge on any atom is 0.229 e. The van der Waals surface area contributed by atoms with Gasteiger partial charge in [0.05, 0.1) is 6.54 Å². The summed E-state index contributed by atoms with van der Waals surface area (Å²) in [5.41, 5.74) is -0.359. The van der Waals surface area contributed by atoms with Crippen LogP contribution in [0.25, 0.3) is 0 Å². The Balaban J connectivity index is 2.20. The lowest BCUT2D eigenvalue weighted by atomic mass is 9.92. The fraction of sp³-hybridized carbons (Fsp3) is 0.875. The van der Waals surface area contributed by atoms with E-state index in [2.05, 4.69) is 4.90 Å². The van der Waals surface area contributed by atoms with E-state index in [0.29, 0.717) is 6.54 Å². The smallest absolute Gasteiger partial charge is 0.229 e. The number of amides is 2. The first-order valence-electron chi connectivity index (χ1n) is 7.92. The molecular formula is C16H28N2O2S. The Morgan fingerprint density at radius 1 is 1.19 bits per heavy atom. The molecule has 1 spiro atoms. The van der Waals surface area contributed by atoms with Crippen LogP contribution < -0.4 is 0 Å². The van der Waals surface area contributed by atoms with E-state index in [1.54, 1.807) is 0 Å². The van der Waals surface area contributed by atoms with Crippen LogP contribution in [0.3, 0.4) is 0 Å². The van der Waals surface area contributed by atoms with Crippen molar-refractivity contribution in [1.29, 1.82) is 0 Å². The van der Waals surface area contributed by atoms with Crippen LogP contribution in [0.15, 0.2) is 0 Å². The van der Waals surface area contributed by atoms with Gasteiger partial charge >= 0.3 is 0 Å². The van der Waals surface area contributed by atoms with Crippen molar-refractivity contribution in [2.24, 2.45) is 11.3 Å². The molecule has 2 heterocycles. The first-order valence-corrected chi connectivity index (χ1v) is 8.91. The van der Waals surface area contributed by atoms with Gasteiger partial charge in [0.15, 0.2) is 0 Å². The van der Waals surface area contributed by atoms with Crippen LogP contribution in [0.2, 0.25) is 0 Å². The van der Waals surface area contributed by atoms with Crippen LogP contribution in [0.5, 0.6) is 0 Å². The molecule has 5 heteroatoms. The van der Waals surface area contributed by atoms with E-state index in [9.17, 15) is 9.59 Å². The SMILES string of the molecule is CC(C)C(=O)N1CCCC2(C1)SCCN2C(=O)C(C)(C)C. The highest BCUT2D eigenvalue weighted by atomic mass is 32.2. The fourth-order valence-electron chi connectivity index (χ4n) is 3.19. The first kappa shape index (κ1) is 16.7. The largest absolute Gasteiger partial charge is 0.339 e. The molecule has 2 amide bonds. The number of nitrogens with zero attached hydrogens (tertiary/aromatic N) is 2. The zero-order valence-electron chi connectivity index (χ0n) is 13.9. The highest BCUT2D eigenvalue weighted by molar-refractivity contribution is 8.00. The predicted molar refractivity (Wildman–Crippen MR) is 87.0 cm³/mol. The zero-order chi connectivity index (χ0) is 15.8. The molecule has 1 atom stereocenters. The van der Waals surface area contributed by atoms with Gasteiger partial charge < -0.3 is 9.80 Å². The van der Waals surface area contributed by atoms with Crippen molar-refractivity contribution in [2.75, 3.05) is 25.4 Å². The van der Waals surface area contributed by atoms with Crippen LogP contribution in [-0.2, 0) is 9.59 Å². The minimum absolute atomic E-state index is 0.0262. The number of thioether (sulfide) groups is 1. The standard InChI is InChI=1S/C16H28N2O2S/c1-12(2)13(19)17-8-6-7-16(11-17)18(9-10-21-16)14(20)15(3,4)5/h12H,6-11H2,1-5H3. The van der Waals surface area contributed by atoms with E-state index in [1.165, 1.54) is 0 Å². The molecule has 4 nitrogen and oxygen atoms in total. The average Bonchev–Trinajstić information content (AvgIpc) is 2.78. The topological polar surface area (TPSA) is 40.6 Å². The Bertz CT molecular complexity index is 430. The molecule has 0 N–H and O–H groups in total. The van der Waals surface area contributed by atoms with Crippen molar-refractivity contribution in [3.63, 3.8) is 0 Å². The van der Waals surface area contributed by atoms with Crippen molar-refractivity contribution in [3.05, 3.63) is 0 Å². The lowest BCUT2D eigenvalue weighted by molar-refractivity contribution is -0.147. The van der Waals surface area contributed by atoms with E-state index < -0.39 is 0 Å². The molecule has 0 radical (unpaired) electrons. The van der Waals surface area contributed by atoms with Gasteiger partial charge in [0.1, 0.15) is 4.87 Å². The number of hydrogen-bond acceptors (Lipinski definition) is 3. The van der Waals surface area contributed by atoms with Gasteiger partial charge in [0.2, 0.25) is 11.8 Å². The Hall–Kier alpha value is -0.710. The molecular weight excluding hydrogens is 284 g/mol. The summed E-state index contributed by atoms with van der Waals surface area (Å²) in [6.45, 7) is 12.2. The number of rotatable bonds is 1. The van der Waals surface area contributed by atoms with E-state index >= 15 is 0 Å². The van der Waals surface area contributed by atoms with Crippen molar-refractivity contribution >= 4 is 23.6 Å². The normalized spacial score (nSPS) is 26.8. The summed E-state index contributed by atoms with van der Waals surface area (Å²) in [6, 6.07) is 0. The number of carbonyl (C=O) groups is 2. The van der Waals surface area contributed by atoms with Gasteiger partial charge in [0, 0.05) is 30.2 Å². The molecule has 2 aliphatic rings. The van der Waals surface area contributed by atoms with Crippen LogP contribution in [0.1, 0.15) is 47.5 Å². The molecule has 0 aromatic carbocycles. The third-order valence-electron chi connectivity index (χ3n) is 4.30. The van der Waals surface area contributed by atoms with Crippen molar-refractivity contribution in [2.45, 2.75) is 52.3 Å². The Morgan fingerprint density at radius 2 is 1.86 bits per heavy atom. The van der Waals surface area contributed by atoms with Crippen molar-refractivity contribution in [1.82, 2.24) is 9.80 Å². The average molecular weight is 312 g/mol. The summed E-state index contributed by atoms with van der Waals surface area (Å²) in [6.07, 6.45) is 1.99. The Labute approximate surface area is 132 Å². The molecule has 0 aromatic rings. The van der Waals surface area contributed by atoms with Gasteiger partial charge in [-0.15, -0.1) is 11.8 Å². The summed E-state index contributed by atoms with van der Waals surface area (Å²) in [5, 5.41) is 0. The van der Waals surface area contributed by atoms with Crippen LogP contribution in [-0.4, -0.2) is 51.9 Å². The minimum Gasteiger partial charge on any atom is -0.339 e. The Morgan fingerprint density at radius 3 is 2.43 bits per heavy atom. The molecule has 0 aliphatic carbocycles. The quantitative estimate of drug-likeness (QED) is 0.747. The van der Waals surface area contributed by atoms with E-state index in [0.717, 1.165) is 31.7 Å². The third kappa shape index (κ3) is 3.22. The molecule has 0 saturated carbocycles. The molecule has 21 heavy (non-hydrogen) atoms. The summed E-state index contributed by atoms with van der Waals surface area (Å²) >= 11 is 1.86. The number of hydrogen-bond donors (Lipinski definition) is 0. The lowest BCUT2D eigenvalue weighted by Gasteiger charge is -2.46. The first-order chi connectivity index (χ1) is 9.67. The lowest BCUT2D eigenvalue weighted by Crippen LogP contribution is -2.59. The molecule has 0 bridgehead atoms. The van der Waals surface area contributed by atoms with Gasteiger partial charge in [-0.05, 0) is 12.8 Å². The van der Waals surface area contributed by atoms with Gasteiger partial charge in [-0.25, -0.2) is 0 Å². The molecule has 1 unspecified atom stereocenters. The fourth-order valence-corrected chi connectivity index (χ4v) is 4.71. The summed E-state index contributed by atoms with van der Waals surface area (Å²) in [5.74, 6) is 1.43. The maximum atomic E-state index is 12.8. The number of likely N-dealkylation sites (tertiary alicyclic amines) is 1. The van der Waals surface area contributed by atoms with E-state index in [4.69, 9.17) is 0 Å². The molecule has 2 aliphatic heterocycles. The maximum absolute atomic E-state index is 12.8. The highest BCUT2D eigenvalue weighted by Gasteiger charge is 2.49. The molecule has 2 saturated heterocycles. The molecule has 120 valence electrons. The zero-order valence-corrected chi connectivity index (χ0v) is 14.8. The van der Waals surface area contributed by atoms with Gasteiger partial charge in [-0.3, -0.25) is 9.59 Å². The van der Waals surface area contributed by atoms with Gasteiger partial charge in [0.25, 0.3) is 0 Å². The van der Waals surface area contributed by atoms with Crippen molar-refractivity contribution < 1.29 is 9.59 Å². The van der Waals surface area contributed by atoms with Crippen LogP contribution in [0.4, 0.5) is 0 Å². The second-order valence-corrected chi connectivity index (χ2v) is 8.98. The second-order valence-electron chi connectivity index (χ2n) is 7.52. The summed E-state index contributed by atoms with van der Waals surface area (Å²) in [4.78, 5) is 28.9. The summed E-state index contributed by atoms with van der Waals surface area (Å²) in [7, 11) is 0. The molecule has 0 aromatic heterocycles. The minimum atomic E-state index is -0.359. The van der Waals surface area contributed by atoms with E-state index in [1.807, 2.05) is 51.3 Å². The predicted octanol–water partition coefficient (Wildman–Crippen LogP) is 2.58. The third-order valence-corrected chi connectivity index (χ3v) is 5.78. The number of piperidine rings is 1. The van der Waals surface area contributed by atoms with Crippen molar-refractivity contribution in [3.8, 4) is 0 Å². The second kappa shape index (κ2) is 5.82. The van der Waals surface area contributed by atoms with Crippen LogP contribution >= 0.6 is 11.8 Å². The van der Waals surface area contributed by atoms with Gasteiger partial charge in [-0.2, -0.15) is 0 Å². The monoisotopic (exact) mass is 312 g/mol. The summed E-state index contributed by atoms with van der Waals surface area (Å²) < 4.78 is 0. The number of carbonyl (C=O) groups excluding carboxylic acids is 2. The molecule has 2 fully saturated rings. The molecule has 2 rings (SSSR count). The van der Waals surface area contributed by atoms with E-state index in [-0.39, 0.29) is 28.0 Å². The van der Waals surface area contributed by atoms with Crippen LogP contribution in [0, 0.1) is 11.3 Å².